The molecule has 40 heavy (non-hydrogen) atoms. The van der Waals surface area contributed by atoms with Gasteiger partial charge in [-0.15, -0.1) is 0 Å². The molecule has 8 nitrogen and oxygen atoms in total. The van der Waals surface area contributed by atoms with Gasteiger partial charge in [0.1, 0.15) is 17.1 Å². The first kappa shape index (κ1) is 26.0. The summed E-state index contributed by atoms with van der Waals surface area (Å²) >= 11 is 7.45. The van der Waals surface area contributed by atoms with E-state index in [1.54, 1.807) is 36.4 Å². The van der Waals surface area contributed by atoms with Gasteiger partial charge in [0.2, 0.25) is 0 Å². The smallest absolute Gasteiger partial charge is 0.301 e. The van der Waals surface area contributed by atoms with Crippen LogP contribution in [0.5, 0.6) is 5.75 Å². The van der Waals surface area contributed by atoms with E-state index in [1.807, 2.05) is 49.6 Å². The second kappa shape index (κ2) is 10.1. The molecule has 1 N–H and O–H groups in total. The third-order valence-corrected chi connectivity index (χ3v) is 8.20. The average molecular weight is 573 g/mol. The fourth-order valence-electron chi connectivity index (χ4n) is 5.00. The summed E-state index contributed by atoms with van der Waals surface area (Å²) in [4.78, 5) is 38.0. The van der Waals surface area contributed by atoms with Gasteiger partial charge in [-0.25, -0.2) is 9.97 Å². The number of ketones is 1. The van der Waals surface area contributed by atoms with Crippen LogP contribution in [0, 0.1) is 13.8 Å². The SMILES string of the molecule is CCCOc1cccc(C2/C(=C(\O)c3nc4c(C)cccn4c3C)C(=O)C(=O)N2c2nc3ccc(Cl)cc3s2)c1. The second-order valence-corrected chi connectivity index (χ2v) is 11.1. The summed E-state index contributed by atoms with van der Waals surface area (Å²) in [5.74, 6) is -1.34. The van der Waals surface area contributed by atoms with Crippen LogP contribution in [0.15, 0.2) is 66.4 Å². The van der Waals surface area contributed by atoms with Crippen molar-refractivity contribution in [1.29, 1.82) is 0 Å². The van der Waals surface area contributed by atoms with E-state index in [4.69, 9.17) is 16.3 Å². The molecule has 0 saturated carbocycles. The lowest BCUT2D eigenvalue weighted by Gasteiger charge is -2.23. The number of aryl methyl sites for hydroxylation is 2. The second-order valence-electron chi connectivity index (χ2n) is 9.63. The van der Waals surface area contributed by atoms with Crippen molar-refractivity contribution in [3.8, 4) is 5.75 Å². The normalized spacial score (nSPS) is 16.9. The number of imidazole rings is 1. The van der Waals surface area contributed by atoms with Crippen molar-refractivity contribution >= 4 is 61.4 Å². The van der Waals surface area contributed by atoms with Gasteiger partial charge in [0.15, 0.2) is 10.9 Å². The zero-order chi connectivity index (χ0) is 28.1. The maximum atomic E-state index is 13.7. The number of thiazole rings is 1. The van der Waals surface area contributed by atoms with Crippen molar-refractivity contribution < 1.29 is 19.4 Å². The van der Waals surface area contributed by atoms with Gasteiger partial charge in [0.05, 0.1) is 34.1 Å². The van der Waals surface area contributed by atoms with Gasteiger partial charge in [0, 0.05) is 11.2 Å². The minimum atomic E-state index is -0.952. The zero-order valence-electron chi connectivity index (χ0n) is 22.0. The van der Waals surface area contributed by atoms with Crippen LogP contribution in [-0.2, 0) is 9.59 Å². The Kier molecular flexibility index (Phi) is 6.56. The zero-order valence-corrected chi connectivity index (χ0v) is 23.6. The number of fused-ring (bicyclic) bond motifs is 2. The largest absolute Gasteiger partial charge is 0.505 e. The van der Waals surface area contributed by atoms with Crippen molar-refractivity contribution in [3.05, 3.63) is 93.9 Å². The predicted molar refractivity (Wildman–Crippen MR) is 156 cm³/mol. The van der Waals surface area contributed by atoms with Crippen molar-refractivity contribution in [2.75, 3.05) is 11.5 Å². The molecular formula is C30H25ClN4O4S. The first-order chi connectivity index (χ1) is 19.3. The molecule has 1 aliphatic heterocycles. The minimum absolute atomic E-state index is 0.0564. The molecule has 3 aromatic heterocycles. The number of nitrogens with zero attached hydrogens (tertiary/aromatic N) is 4. The van der Waals surface area contributed by atoms with Gasteiger partial charge in [-0.3, -0.25) is 14.5 Å². The number of amides is 1. The number of Topliss-reactive ketones (excluding diaryl/α,β-unsaturated/α-hetero) is 1. The summed E-state index contributed by atoms with van der Waals surface area (Å²) in [7, 11) is 0. The van der Waals surface area contributed by atoms with Gasteiger partial charge >= 0.3 is 5.91 Å². The maximum absolute atomic E-state index is 13.7. The van der Waals surface area contributed by atoms with Crippen molar-refractivity contribution in [3.63, 3.8) is 0 Å². The highest BCUT2D eigenvalue weighted by atomic mass is 35.5. The van der Waals surface area contributed by atoms with Gasteiger partial charge in [0.25, 0.3) is 5.78 Å². The topological polar surface area (TPSA) is 97.0 Å². The summed E-state index contributed by atoms with van der Waals surface area (Å²) in [6.07, 6.45) is 2.67. The summed E-state index contributed by atoms with van der Waals surface area (Å²) in [6.45, 7) is 6.26. The number of benzene rings is 2. The number of hydrogen-bond acceptors (Lipinski definition) is 7. The lowest BCUT2D eigenvalue weighted by molar-refractivity contribution is -0.132. The van der Waals surface area contributed by atoms with E-state index in [2.05, 4.69) is 9.97 Å². The Morgan fingerprint density at radius 3 is 2.70 bits per heavy atom. The molecule has 1 unspecified atom stereocenters. The summed E-state index contributed by atoms with van der Waals surface area (Å²) in [5.41, 5.74) is 3.66. The van der Waals surface area contributed by atoms with Crippen molar-refractivity contribution in [2.24, 2.45) is 0 Å². The van der Waals surface area contributed by atoms with Crippen molar-refractivity contribution in [2.45, 2.75) is 33.2 Å². The number of hydrogen-bond donors (Lipinski definition) is 1. The minimum Gasteiger partial charge on any atom is -0.505 e. The Hall–Kier alpha value is -4.21. The summed E-state index contributed by atoms with van der Waals surface area (Å²) in [5, 5.41) is 12.6. The third-order valence-electron chi connectivity index (χ3n) is 6.94. The molecule has 10 heteroatoms. The summed E-state index contributed by atoms with van der Waals surface area (Å²) < 4.78 is 8.48. The number of aliphatic hydroxyl groups excluding tert-OH is 1. The van der Waals surface area contributed by atoms with Crippen LogP contribution in [0.25, 0.3) is 21.6 Å². The number of pyridine rings is 1. The van der Waals surface area contributed by atoms with Gasteiger partial charge < -0.3 is 14.2 Å². The molecule has 1 saturated heterocycles. The molecule has 5 aromatic rings. The molecule has 1 atom stereocenters. The van der Waals surface area contributed by atoms with E-state index < -0.39 is 17.7 Å². The number of halogens is 1. The predicted octanol–water partition coefficient (Wildman–Crippen LogP) is 6.63. The Labute approximate surface area is 239 Å². The van der Waals surface area contributed by atoms with Crippen LogP contribution in [0.4, 0.5) is 5.13 Å². The molecule has 6 rings (SSSR count). The van der Waals surface area contributed by atoms with Crippen LogP contribution in [-0.4, -0.2) is 37.8 Å². The summed E-state index contributed by atoms with van der Waals surface area (Å²) in [6, 6.07) is 15.3. The fourth-order valence-corrected chi connectivity index (χ4v) is 6.27. The van der Waals surface area contributed by atoms with E-state index in [0.29, 0.717) is 44.9 Å². The highest BCUT2D eigenvalue weighted by molar-refractivity contribution is 7.22. The van der Waals surface area contributed by atoms with Gasteiger partial charge in [-0.2, -0.15) is 0 Å². The Morgan fingerprint density at radius 2 is 1.93 bits per heavy atom. The van der Waals surface area contributed by atoms with Crippen LogP contribution in [0.1, 0.15) is 41.9 Å². The standard InChI is InChI=1S/C30H25ClN4O4S/c1-4-13-39-20-9-5-8-18(14-20)25-23(26(36)24-17(3)34-12-6-7-16(2)28(34)33-24)27(37)29(38)35(25)30-32-21-11-10-19(31)15-22(21)40-30/h5-12,14-15,25,36H,4,13H2,1-3H3/b26-23+. The molecule has 0 spiro atoms. The highest BCUT2D eigenvalue weighted by Crippen LogP contribution is 2.45. The maximum Gasteiger partial charge on any atom is 0.301 e. The van der Waals surface area contributed by atoms with Crippen LogP contribution >= 0.6 is 22.9 Å². The van der Waals surface area contributed by atoms with Crippen LogP contribution in [0.2, 0.25) is 5.02 Å². The fraction of sp³-hybridized carbons (Fsp3) is 0.200. The van der Waals surface area contributed by atoms with Crippen molar-refractivity contribution in [1.82, 2.24) is 14.4 Å². The van der Waals surface area contributed by atoms with E-state index in [9.17, 15) is 14.7 Å². The molecule has 0 aliphatic carbocycles. The number of ether oxygens (including phenoxy) is 1. The molecule has 4 heterocycles. The van der Waals surface area contributed by atoms with E-state index in [1.165, 1.54) is 16.2 Å². The Morgan fingerprint density at radius 1 is 1.10 bits per heavy atom. The average Bonchev–Trinajstić information content (AvgIpc) is 3.59. The van der Waals surface area contributed by atoms with Crippen LogP contribution in [0.3, 0.4) is 0 Å². The van der Waals surface area contributed by atoms with E-state index in [0.717, 1.165) is 16.7 Å². The lowest BCUT2D eigenvalue weighted by atomic mass is 9.96. The quantitative estimate of drug-likeness (QED) is 0.139. The Balaban J connectivity index is 1.58. The highest BCUT2D eigenvalue weighted by Gasteiger charge is 2.48. The van der Waals surface area contributed by atoms with E-state index >= 15 is 0 Å². The van der Waals surface area contributed by atoms with E-state index in [-0.39, 0.29) is 17.0 Å². The number of rotatable bonds is 6. The van der Waals surface area contributed by atoms with Crippen LogP contribution < -0.4 is 9.64 Å². The molecule has 2 aromatic carbocycles. The third kappa shape index (κ3) is 4.22. The number of aliphatic hydroxyl groups is 1. The van der Waals surface area contributed by atoms with Gasteiger partial charge in [-0.1, -0.05) is 48.1 Å². The number of aromatic nitrogens is 3. The molecule has 0 radical (unpaired) electrons. The molecule has 1 aliphatic rings. The molecule has 1 amide bonds. The first-order valence-electron chi connectivity index (χ1n) is 12.8. The molecule has 1 fully saturated rings. The molecular weight excluding hydrogens is 548 g/mol. The lowest BCUT2D eigenvalue weighted by Crippen LogP contribution is -2.29. The van der Waals surface area contributed by atoms with Gasteiger partial charge in [-0.05, 0) is 67.8 Å². The monoisotopic (exact) mass is 572 g/mol. The number of carbonyl (C=O) groups excluding carboxylic acids is 2. The Bertz CT molecular complexity index is 1860. The molecule has 202 valence electrons. The first-order valence-corrected chi connectivity index (χ1v) is 14.0. The number of carbonyl (C=O) groups is 2. The number of anilines is 1. The molecule has 0 bridgehead atoms.